The van der Waals surface area contributed by atoms with Gasteiger partial charge in [-0.15, -0.1) is 0 Å². The molecule has 10 aliphatic rings. The molecule has 10 fully saturated rings. The van der Waals surface area contributed by atoms with Gasteiger partial charge in [-0.05, 0) is 0 Å². The van der Waals surface area contributed by atoms with Crippen molar-refractivity contribution in [2.75, 3.05) is 72.7 Å². The number of hydrogen-bond donors (Lipinski definition) is 32. The highest BCUT2D eigenvalue weighted by atomic mass is 16.8. The second-order valence-corrected chi connectivity index (χ2v) is 28.1. The van der Waals surface area contributed by atoms with Crippen LogP contribution in [0.25, 0.3) is 0 Å². The van der Waals surface area contributed by atoms with Gasteiger partial charge in [0.05, 0.1) is 66.1 Å². The molecule has 0 unspecified atom stereocenters. The molecule has 51 nitrogen and oxygen atoms in total. The van der Waals surface area contributed by atoms with Gasteiger partial charge in [0.25, 0.3) is 0 Å². The molecule has 0 aliphatic carbocycles. The van der Waals surface area contributed by atoms with Crippen LogP contribution >= 0.6 is 0 Å². The average molecular weight is 1640 g/mol. The smallest absolute Gasteiger partial charge is 0.224 e. The zero-order chi connectivity index (χ0) is 81.4. The Bertz CT molecular complexity index is 2790. The summed E-state index contributed by atoms with van der Waals surface area (Å²) in [6, 6.07) is 0. The molecule has 648 valence electrons. The van der Waals surface area contributed by atoms with Crippen LogP contribution < -0.4 is 0 Å². The summed E-state index contributed by atoms with van der Waals surface area (Å²) in [5.74, 6) is -2.76. The molecule has 10 aliphatic heterocycles. The first-order valence-corrected chi connectivity index (χ1v) is 35.2. The van der Waals surface area contributed by atoms with E-state index in [4.69, 9.17) is 90.0 Å². The van der Waals surface area contributed by atoms with Crippen molar-refractivity contribution in [2.24, 2.45) is 0 Å². The molecule has 10 heterocycles. The van der Waals surface area contributed by atoms with Gasteiger partial charge in [0.1, 0.15) is 245 Å². The summed E-state index contributed by atoms with van der Waals surface area (Å²) < 4.78 is 106. The van der Waals surface area contributed by atoms with E-state index in [1.807, 2.05) is 0 Å². The fourth-order valence-electron chi connectivity index (χ4n) is 14.3. The summed E-state index contributed by atoms with van der Waals surface area (Å²) in [4.78, 5) is 0. The van der Waals surface area contributed by atoms with Gasteiger partial charge in [-0.1, -0.05) is 0 Å². The molecule has 0 bridgehead atoms. The van der Waals surface area contributed by atoms with E-state index in [2.05, 4.69) is 0 Å². The number of rotatable bonds is 29. The predicted octanol–water partition coefficient (Wildman–Crippen LogP) is -22.8. The van der Waals surface area contributed by atoms with E-state index in [-0.39, 0.29) is 0 Å². The minimum atomic E-state index is -2.76. The standard InChI is InChI=1S/C60H102O51/c61-1-12-22(70)26(74)35(83)51(95-12)93-9-20-24(72)28(76)37(85)59(103-20)111-60(11-69)50(92)25(73)21(110-60)10-94-52-38(86)29(77)44(14(3-63)97-52)105-54-40(88)31(79)46(16(5-65)99-54)107-56-42(90)33(81)48(18(7-67)101-56)109-58-43(91)34(82)49(19(8-68)102-58)108-57-41(89)32(80)47(17(6-66)100-57)106-55-39(87)30(78)45(15(4-64)98-55)104-53-36(84)27(75)23(71)13(2-62)96-53/h12-59,61-92H,1-11H2/t12-,13-,14-,15-,16-,17-,18-,19-,20-,21-,22+,23-,24-,25-,26+,27+,28+,29-,30-,31-,32-,33-,34-,35-,36-,37-,38-,39-,40-,41-,42-,43-,44-,45-,46-,47-,48-,49-,50+,51+,52-,53+,54+,55+,56+,57+,58+,59-,60+/m1/s1. The first-order chi connectivity index (χ1) is 52.6. The number of ether oxygens (including phenoxy) is 19. The normalized spacial score (nSPS) is 53.6. The molecule has 0 aromatic carbocycles. The summed E-state index contributed by atoms with van der Waals surface area (Å²) in [6.45, 7) is -11.4. The Hall–Kier alpha value is -2.04. The number of aliphatic hydroxyl groups excluding tert-OH is 32. The van der Waals surface area contributed by atoms with Crippen molar-refractivity contribution in [2.45, 2.75) is 300 Å². The third kappa shape index (κ3) is 18.6. The molecule has 51 heteroatoms. The van der Waals surface area contributed by atoms with Crippen LogP contribution in [0.5, 0.6) is 0 Å². The van der Waals surface area contributed by atoms with Gasteiger partial charge < -0.3 is 253 Å². The van der Waals surface area contributed by atoms with Crippen LogP contribution in [0.2, 0.25) is 0 Å². The van der Waals surface area contributed by atoms with Gasteiger partial charge in [0.15, 0.2) is 56.6 Å². The lowest BCUT2D eigenvalue weighted by Gasteiger charge is -2.50. The molecule has 0 spiro atoms. The summed E-state index contributed by atoms with van der Waals surface area (Å²) in [7, 11) is 0. The Kier molecular flexibility index (Phi) is 32.1. The van der Waals surface area contributed by atoms with E-state index in [1.54, 1.807) is 0 Å². The van der Waals surface area contributed by atoms with Crippen molar-refractivity contribution in [3.63, 3.8) is 0 Å². The summed E-state index contributed by atoms with van der Waals surface area (Å²) in [6.07, 6.45) is -96.0. The first-order valence-electron chi connectivity index (χ1n) is 35.2. The van der Waals surface area contributed by atoms with E-state index in [0.29, 0.717) is 0 Å². The lowest BCUT2D eigenvalue weighted by molar-refractivity contribution is -0.398. The molecular formula is C60H102O51. The van der Waals surface area contributed by atoms with Crippen LogP contribution in [0, 0.1) is 0 Å². The highest BCUT2D eigenvalue weighted by Crippen LogP contribution is 2.41. The van der Waals surface area contributed by atoms with Crippen LogP contribution in [-0.4, -0.2) is 537 Å². The van der Waals surface area contributed by atoms with Gasteiger partial charge in [-0.2, -0.15) is 0 Å². The number of hydrogen-bond acceptors (Lipinski definition) is 51. The molecule has 0 aromatic rings. The van der Waals surface area contributed by atoms with Gasteiger partial charge in [0, 0.05) is 0 Å². The molecule has 0 amide bonds. The molecule has 10 rings (SSSR count). The van der Waals surface area contributed by atoms with E-state index in [0.717, 1.165) is 0 Å². The SMILES string of the molecule is OC[C@H]1O[C@H](OC[C@H]2O[C@H](O[C@]3(CO)O[C@H](CO[C@@H]4O[C@H](CO)[C@@H](O[C@@H]5O[C@H](CO)[C@@H](O[C@@H]6O[C@H](CO)[C@@H](O[C@@H]7O[C@H](CO)[C@@H](O[C@@H]8O[C@H](CO)[C@@H](O[C@@H]9O[C@H](CO)[C@@H](O[C@@H]%10O[C@H](CO)[C@@H](O)[C@H](O)[C@H]%10O)[C@H](O)[C@H]9O)[C@H](O)[C@H]8O)[C@H](O)[C@H]7O)[C@H](O)[C@H]6O)[C@H](O)[C@H]5O)[C@H](O)[C@H]4O)[C@@H](O)[C@@H]3O)[C@H](O)[C@@H](O)[C@@H]2O)[C@H](O)[C@@H](O)[C@H]1O. The zero-order valence-electron chi connectivity index (χ0n) is 58.1. The van der Waals surface area contributed by atoms with Crippen molar-refractivity contribution in [1.82, 2.24) is 0 Å². The third-order valence-electron chi connectivity index (χ3n) is 20.9. The van der Waals surface area contributed by atoms with Crippen molar-refractivity contribution < 1.29 is 253 Å². The second kappa shape index (κ2) is 39.0. The van der Waals surface area contributed by atoms with Gasteiger partial charge in [0.2, 0.25) is 5.79 Å². The van der Waals surface area contributed by atoms with Crippen molar-refractivity contribution in [3.8, 4) is 0 Å². The molecule has 49 atom stereocenters. The van der Waals surface area contributed by atoms with Crippen LogP contribution in [0.15, 0.2) is 0 Å². The van der Waals surface area contributed by atoms with E-state index in [9.17, 15) is 163 Å². The predicted molar refractivity (Wildman–Crippen MR) is 330 cm³/mol. The maximum atomic E-state index is 11.5. The molecule has 10 saturated heterocycles. The van der Waals surface area contributed by atoms with Crippen LogP contribution in [0.3, 0.4) is 0 Å². The number of aliphatic hydroxyl groups is 32. The summed E-state index contributed by atoms with van der Waals surface area (Å²) >= 11 is 0. The largest absolute Gasteiger partial charge is 0.394 e. The summed E-state index contributed by atoms with van der Waals surface area (Å²) in [5.41, 5.74) is 0. The van der Waals surface area contributed by atoms with Crippen LogP contribution in [-0.2, 0) is 90.0 Å². The van der Waals surface area contributed by atoms with Crippen LogP contribution in [0.1, 0.15) is 0 Å². The van der Waals surface area contributed by atoms with Gasteiger partial charge >= 0.3 is 0 Å². The Morgan fingerprint density at radius 2 is 0.405 bits per heavy atom. The van der Waals surface area contributed by atoms with E-state index >= 15 is 0 Å². The highest BCUT2D eigenvalue weighted by molar-refractivity contribution is 5.04. The van der Waals surface area contributed by atoms with Crippen molar-refractivity contribution in [1.29, 1.82) is 0 Å². The summed E-state index contributed by atoms with van der Waals surface area (Å²) in [5, 5.41) is 344. The Morgan fingerprint density at radius 3 is 0.685 bits per heavy atom. The molecule has 32 N–H and O–H groups in total. The fourth-order valence-corrected chi connectivity index (χ4v) is 14.3. The maximum absolute atomic E-state index is 11.5. The topological polar surface area (TPSA) is 823 Å². The van der Waals surface area contributed by atoms with E-state index in [1.165, 1.54) is 0 Å². The molecule has 0 saturated carbocycles. The molecular weight excluding hydrogens is 1540 g/mol. The highest BCUT2D eigenvalue weighted by Gasteiger charge is 2.62. The zero-order valence-corrected chi connectivity index (χ0v) is 58.1. The van der Waals surface area contributed by atoms with Gasteiger partial charge in [-0.3, -0.25) is 0 Å². The van der Waals surface area contributed by atoms with Crippen molar-refractivity contribution in [3.05, 3.63) is 0 Å². The Labute approximate surface area is 625 Å². The average Bonchev–Trinajstić information content (AvgIpc) is 1.72. The quantitative estimate of drug-likeness (QED) is 0.0331. The Balaban J connectivity index is 0.699. The lowest BCUT2D eigenvalue weighted by Crippen LogP contribution is -2.68. The van der Waals surface area contributed by atoms with Crippen molar-refractivity contribution >= 4 is 0 Å². The molecule has 0 radical (unpaired) electrons. The second-order valence-electron chi connectivity index (χ2n) is 28.1. The lowest BCUT2D eigenvalue weighted by atomic mass is 9.95. The first kappa shape index (κ1) is 91.3. The minimum absolute atomic E-state index is 0.827. The van der Waals surface area contributed by atoms with Crippen LogP contribution in [0.4, 0.5) is 0 Å². The van der Waals surface area contributed by atoms with Gasteiger partial charge in [-0.25, -0.2) is 0 Å². The fraction of sp³-hybridized carbons (Fsp3) is 1.00. The maximum Gasteiger partial charge on any atom is 0.224 e. The minimum Gasteiger partial charge on any atom is -0.394 e. The molecule has 0 aromatic heterocycles. The third-order valence-corrected chi connectivity index (χ3v) is 20.9. The molecule has 111 heavy (non-hydrogen) atoms. The van der Waals surface area contributed by atoms with E-state index < -0.39 is 373 Å². The Morgan fingerprint density at radius 1 is 0.198 bits per heavy atom. The monoisotopic (exact) mass is 1640 g/mol.